The predicted molar refractivity (Wildman–Crippen MR) is 128 cm³/mol. The van der Waals surface area contributed by atoms with Crippen LogP contribution in [0.1, 0.15) is 35.6 Å². The van der Waals surface area contributed by atoms with Crippen LogP contribution >= 0.6 is 11.3 Å². The van der Waals surface area contributed by atoms with Gasteiger partial charge in [-0.3, -0.25) is 9.36 Å². The second kappa shape index (κ2) is 7.78. The first kappa shape index (κ1) is 20.6. The fourth-order valence-electron chi connectivity index (χ4n) is 5.68. The SMILES string of the molecule is COc1cccc2c1CC[C@H]1CNC(CCn3c(=O)[nH]c4c(sc5nc(C)cnc54)c3=O)[C@@H]21. The highest BCUT2D eigenvalue weighted by atomic mass is 32.1. The van der Waals surface area contributed by atoms with Crippen molar-refractivity contribution in [2.75, 3.05) is 13.7 Å². The number of aromatic amines is 1. The van der Waals surface area contributed by atoms with Gasteiger partial charge in [0.15, 0.2) is 0 Å². The number of rotatable bonds is 4. The zero-order chi connectivity index (χ0) is 22.7. The third-order valence-electron chi connectivity index (χ3n) is 7.20. The van der Waals surface area contributed by atoms with E-state index in [1.165, 1.54) is 27.0 Å². The Morgan fingerprint density at radius 2 is 2.18 bits per heavy atom. The number of nitrogens with zero attached hydrogens (tertiary/aromatic N) is 3. The minimum absolute atomic E-state index is 0.205. The average molecular weight is 464 g/mol. The Morgan fingerprint density at radius 1 is 1.30 bits per heavy atom. The lowest BCUT2D eigenvalue weighted by Crippen LogP contribution is -2.37. The van der Waals surface area contributed by atoms with Crippen molar-refractivity contribution >= 4 is 31.9 Å². The number of nitrogens with one attached hydrogen (secondary N) is 2. The lowest BCUT2D eigenvalue weighted by atomic mass is 9.73. The molecule has 2 N–H and O–H groups in total. The first-order chi connectivity index (χ1) is 16.0. The number of thiophene rings is 1. The third-order valence-corrected chi connectivity index (χ3v) is 8.26. The van der Waals surface area contributed by atoms with E-state index in [1.807, 2.05) is 13.0 Å². The molecule has 33 heavy (non-hydrogen) atoms. The van der Waals surface area contributed by atoms with Crippen LogP contribution in [0.2, 0.25) is 0 Å². The van der Waals surface area contributed by atoms with E-state index in [0.29, 0.717) is 45.4 Å². The Morgan fingerprint density at radius 3 is 3.03 bits per heavy atom. The Hall–Kier alpha value is -3.04. The summed E-state index contributed by atoms with van der Waals surface area (Å²) in [4.78, 5) is 38.5. The first-order valence-corrected chi connectivity index (χ1v) is 12.1. The summed E-state index contributed by atoms with van der Waals surface area (Å²) in [5.41, 5.74) is 3.83. The van der Waals surface area contributed by atoms with Crippen LogP contribution in [0.4, 0.5) is 0 Å². The molecular weight excluding hydrogens is 438 g/mol. The molecule has 1 aromatic carbocycles. The number of fused-ring (bicyclic) bond motifs is 6. The highest BCUT2D eigenvalue weighted by Crippen LogP contribution is 2.45. The van der Waals surface area contributed by atoms with Gasteiger partial charge in [-0.1, -0.05) is 12.1 Å². The minimum Gasteiger partial charge on any atom is -0.496 e. The summed E-state index contributed by atoms with van der Waals surface area (Å²) >= 11 is 1.29. The number of H-pyrrole nitrogens is 1. The fraction of sp³-hybridized carbons (Fsp3) is 0.417. The highest BCUT2D eigenvalue weighted by molar-refractivity contribution is 7.25. The molecule has 4 aromatic rings. The van der Waals surface area contributed by atoms with Crippen molar-refractivity contribution in [2.24, 2.45) is 5.92 Å². The average Bonchev–Trinajstić information content (AvgIpc) is 3.39. The summed E-state index contributed by atoms with van der Waals surface area (Å²) in [6.45, 7) is 3.18. The van der Waals surface area contributed by atoms with Crippen LogP contribution in [0, 0.1) is 12.8 Å². The molecule has 2 aliphatic rings. The number of hydrogen-bond acceptors (Lipinski definition) is 7. The zero-order valence-corrected chi connectivity index (χ0v) is 19.4. The number of hydrogen-bond donors (Lipinski definition) is 2. The second-order valence-corrected chi connectivity index (χ2v) is 10.0. The molecule has 1 unspecified atom stereocenters. The normalized spacial score (nSPS) is 21.9. The summed E-state index contributed by atoms with van der Waals surface area (Å²) in [5.74, 6) is 1.88. The monoisotopic (exact) mass is 463 g/mol. The van der Waals surface area contributed by atoms with Crippen LogP contribution in [0.15, 0.2) is 34.0 Å². The van der Waals surface area contributed by atoms with E-state index in [4.69, 9.17) is 4.74 Å². The van der Waals surface area contributed by atoms with Crippen molar-refractivity contribution in [3.8, 4) is 5.75 Å². The van der Waals surface area contributed by atoms with Gasteiger partial charge in [-0.2, -0.15) is 0 Å². The topological polar surface area (TPSA) is 102 Å². The van der Waals surface area contributed by atoms with E-state index in [9.17, 15) is 9.59 Å². The number of ether oxygens (including phenoxy) is 1. The Bertz CT molecular complexity index is 1500. The highest BCUT2D eigenvalue weighted by Gasteiger charge is 2.40. The third kappa shape index (κ3) is 3.21. The van der Waals surface area contributed by atoms with Gasteiger partial charge >= 0.3 is 5.69 Å². The molecule has 170 valence electrons. The van der Waals surface area contributed by atoms with E-state index in [2.05, 4.69) is 32.4 Å². The maximum absolute atomic E-state index is 13.2. The summed E-state index contributed by atoms with van der Waals surface area (Å²) in [6.07, 6.45) is 4.50. The number of aromatic nitrogens is 4. The lowest BCUT2D eigenvalue weighted by molar-refractivity contribution is 0.371. The molecule has 4 heterocycles. The summed E-state index contributed by atoms with van der Waals surface area (Å²) < 4.78 is 7.44. The van der Waals surface area contributed by atoms with Crippen LogP contribution in [-0.2, 0) is 13.0 Å². The van der Waals surface area contributed by atoms with E-state index >= 15 is 0 Å². The van der Waals surface area contributed by atoms with Crippen molar-refractivity contribution in [3.05, 3.63) is 62.1 Å². The molecule has 8 nitrogen and oxygen atoms in total. The van der Waals surface area contributed by atoms with Gasteiger partial charge in [0.05, 0.1) is 18.3 Å². The zero-order valence-electron chi connectivity index (χ0n) is 18.6. The number of benzene rings is 1. The van der Waals surface area contributed by atoms with Crippen molar-refractivity contribution in [1.29, 1.82) is 0 Å². The number of aryl methyl sites for hydroxylation is 1. The molecule has 6 rings (SSSR count). The molecule has 0 saturated carbocycles. The van der Waals surface area contributed by atoms with Crippen LogP contribution < -0.4 is 21.3 Å². The van der Waals surface area contributed by atoms with Gasteiger partial charge in [0.2, 0.25) is 0 Å². The van der Waals surface area contributed by atoms with Gasteiger partial charge in [0.1, 0.15) is 20.8 Å². The molecule has 1 aliphatic heterocycles. The molecule has 9 heteroatoms. The molecule has 0 radical (unpaired) electrons. The molecule has 1 saturated heterocycles. The van der Waals surface area contributed by atoms with Crippen LogP contribution in [0.3, 0.4) is 0 Å². The summed E-state index contributed by atoms with van der Waals surface area (Å²) in [6, 6.07) is 6.50. The molecule has 3 aromatic heterocycles. The van der Waals surface area contributed by atoms with Crippen LogP contribution in [0.25, 0.3) is 20.6 Å². The molecule has 0 bridgehead atoms. The molecule has 1 aliphatic carbocycles. The molecule has 3 atom stereocenters. The predicted octanol–water partition coefficient (Wildman–Crippen LogP) is 2.72. The van der Waals surface area contributed by atoms with Crippen molar-refractivity contribution in [2.45, 2.75) is 44.7 Å². The van der Waals surface area contributed by atoms with E-state index in [1.54, 1.807) is 13.3 Å². The second-order valence-electron chi connectivity index (χ2n) is 9.01. The fourth-order valence-corrected chi connectivity index (χ4v) is 6.76. The largest absolute Gasteiger partial charge is 0.496 e. The quantitative estimate of drug-likeness (QED) is 0.483. The smallest absolute Gasteiger partial charge is 0.328 e. The van der Waals surface area contributed by atoms with Gasteiger partial charge in [-0.05, 0) is 55.8 Å². The van der Waals surface area contributed by atoms with Gasteiger partial charge in [0.25, 0.3) is 5.56 Å². The maximum atomic E-state index is 13.2. The van der Waals surface area contributed by atoms with Crippen molar-refractivity contribution in [3.63, 3.8) is 0 Å². The molecular formula is C24H25N5O3S. The lowest BCUT2D eigenvalue weighted by Gasteiger charge is -2.32. The summed E-state index contributed by atoms with van der Waals surface area (Å²) in [5, 5.41) is 3.67. The first-order valence-electron chi connectivity index (χ1n) is 11.3. The van der Waals surface area contributed by atoms with E-state index in [-0.39, 0.29) is 11.6 Å². The standard InChI is InChI=1S/C24H25N5O3S/c1-12-10-26-20-19-21(33-22(20)27-12)23(30)29(24(31)28-19)9-8-16-18-13(11-25-16)6-7-14-15(18)4-3-5-17(14)32-2/h3-5,10,13,16,18,25H,6-9,11H2,1-2H3,(H,28,31)/t13-,16?,18+/m0/s1. The minimum atomic E-state index is -0.394. The van der Waals surface area contributed by atoms with E-state index in [0.717, 1.165) is 30.8 Å². The Balaban J connectivity index is 1.33. The van der Waals surface area contributed by atoms with Crippen molar-refractivity contribution in [1.82, 2.24) is 24.8 Å². The molecule has 1 fully saturated rings. The van der Waals surface area contributed by atoms with E-state index < -0.39 is 5.69 Å². The van der Waals surface area contributed by atoms with Crippen LogP contribution in [0.5, 0.6) is 5.75 Å². The molecule has 0 spiro atoms. The van der Waals surface area contributed by atoms with Gasteiger partial charge < -0.3 is 15.0 Å². The Labute approximate surface area is 193 Å². The maximum Gasteiger partial charge on any atom is 0.328 e. The van der Waals surface area contributed by atoms with Crippen molar-refractivity contribution < 1.29 is 4.74 Å². The molecule has 0 amide bonds. The van der Waals surface area contributed by atoms with Gasteiger partial charge in [-0.25, -0.2) is 14.8 Å². The number of methoxy groups -OCH3 is 1. The van der Waals surface area contributed by atoms with Gasteiger partial charge in [-0.15, -0.1) is 11.3 Å². The summed E-state index contributed by atoms with van der Waals surface area (Å²) in [7, 11) is 1.72. The Kier molecular flexibility index (Phi) is 4.84. The van der Waals surface area contributed by atoms with Crippen LogP contribution in [-0.4, -0.2) is 39.2 Å². The van der Waals surface area contributed by atoms with Gasteiger partial charge in [0, 0.05) is 24.7 Å².